The van der Waals surface area contributed by atoms with Gasteiger partial charge in [0, 0.05) is 30.1 Å². The van der Waals surface area contributed by atoms with Gasteiger partial charge < -0.3 is 5.32 Å². The molecule has 2 heterocycles. The van der Waals surface area contributed by atoms with E-state index in [1.807, 2.05) is 11.3 Å². The molecule has 1 saturated heterocycles. The van der Waals surface area contributed by atoms with Gasteiger partial charge in [0.1, 0.15) is 0 Å². The molecular weight excluding hydrogens is 252 g/mol. The van der Waals surface area contributed by atoms with E-state index in [2.05, 4.69) is 49.4 Å². The predicted octanol–water partition coefficient (Wildman–Crippen LogP) is 3.66. The van der Waals surface area contributed by atoms with Crippen molar-refractivity contribution < 1.29 is 0 Å². The smallest absolute Gasteiger partial charge is 0.0333 e. The lowest BCUT2D eigenvalue weighted by Crippen LogP contribution is -2.53. The van der Waals surface area contributed by atoms with Crippen LogP contribution in [0.25, 0.3) is 0 Å². The summed E-state index contributed by atoms with van der Waals surface area (Å²) in [5, 5.41) is 5.93. The lowest BCUT2D eigenvalue weighted by Gasteiger charge is -2.43. The van der Waals surface area contributed by atoms with E-state index in [9.17, 15) is 0 Å². The van der Waals surface area contributed by atoms with E-state index in [1.54, 1.807) is 4.88 Å². The summed E-state index contributed by atoms with van der Waals surface area (Å²) in [5.74, 6) is 0.737. The maximum Gasteiger partial charge on any atom is 0.0333 e. The lowest BCUT2D eigenvalue weighted by atomic mass is 9.87. The van der Waals surface area contributed by atoms with Crippen LogP contribution in [0.4, 0.5) is 0 Å². The molecule has 2 nitrogen and oxygen atoms in total. The van der Waals surface area contributed by atoms with E-state index in [1.165, 1.54) is 24.9 Å². The molecule has 1 aromatic rings. The van der Waals surface area contributed by atoms with Crippen LogP contribution in [0.3, 0.4) is 0 Å². The Kier molecular flexibility index (Phi) is 5.43. The molecule has 1 aromatic heterocycles. The molecule has 1 N–H and O–H groups in total. The minimum atomic E-state index is 0.671. The summed E-state index contributed by atoms with van der Waals surface area (Å²) >= 11 is 1.90. The van der Waals surface area contributed by atoms with Crippen molar-refractivity contribution in [3.63, 3.8) is 0 Å². The summed E-state index contributed by atoms with van der Waals surface area (Å²) in [6.45, 7) is 12.8. The molecule has 0 aromatic carbocycles. The molecule has 0 radical (unpaired) electrons. The third-order valence-corrected chi connectivity index (χ3v) is 5.68. The second-order valence-electron chi connectivity index (χ2n) is 5.95. The zero-order valence-electron chi connectivity index (χ0n) is 12.8. The highest BCUT2D eigenvalue weighted by atomic mass is 32.1. The number of likely N-dealkylation sites (tertiary alicyclic amines) is 1. The Morgan fingerprint density at radius 2 is 2.21 bits per heavy atom. The Morgan fingerprint density at radius 3 is 2.84 bits per heavy atom. The van der Waals surface area contributed by atoms with Gasteiger partial charge in [-0.15, -0.1) is 11.3 Å². The van der Waals surface area contributed by atoms with E-state index in [0.717, 1.165) is 19.0 Å². The zero-order valence-corrected chi connectivity index (χ0v) is 13.6. The number of hydrogen-bond donors (Lipinski definition) is 1. The highest BCUT2D eigenvalue weighted by Crippen LogP contribution is 2.27. The molecule has 0 amide bonds. The van der Waals surface area contributed by atoms with Crippen molar-refractivity contribution >= 4 is 11.3 Å². The van der Waals surface area contributed by atoms with Crippen LogP contribution in [0.1, 0.15) is 44.1 Å². The molecule has 108 valence electrons. The number of thiophene rings is 1. The molecule has 3 heteroatoms. The van der Waals surface area contributed by atoms with E-state index in [0.29, 0.717) is 12.1 Å². The van der Waals surface area contributed by atoms with Crippen LogP contribution < -0.4 is 5.32 Å². The number of aryl methyl sites for hydroxylation is 1. The van der Waals surface area contributed by atoms with Crippen LogP contribution in [-0.2, 0) is 6.54 Å². The van der Waals surface area contributed by atoms with Crippen LogP contribution in [-0.4, -0.2) is 30.1 Å². The first-order valence-electron chi connectivity index (χ1n) is 7.63. The number of hydrogen-bond acceptors (Lipinski definition) is 3. The first-order valence-corrected chi connectivity index (χ1v) is 8.51. The molecule has 3 atom stereocenters. The molecule has 3 unspecified atom stereocenters. The van der Waals surface area contributed by atoms with E-state index < -0.39 is 0 Å². The van der Waals surface area contributed by atoms with Crippen LogP contribution >= 0.6 is 11.3 Å². The molecule has 2 rings (SSSR count). The summed E-state index contributed by atoms with van der Waals surface area (Å²) in [4.78, 5) is 4.20. The van der Waals surface area contributed by atoms with E-state index in [-0.39, 0.29) is 0 Å². The Bertz CT molecular complexity index is 388. The molecule has 0 spiro atoms. The first kappa shape index (κ1) is 15.0. The molecule has 19 heavy (non-hydrogen) atoms. The number of nitrogens with zero attached hydrogens (tertiary/aromatic N) is 1. The van der Waals surface area contributed by atoms with Crippen molar-refractivity contribution in [2.75, 3.05) is 13.1 Å². The molecule has 1 aliphatic heterocycles. The maximum absolute atomic E-state index is 3.72. The lowest BCUT2D eigenvalue weighted by molar-refractivity contribution is 0.0792. The van der Waals surface area contributed by atoms with Crippen molar-refractivity contribution in [2.45, 2.75) is 59.2 Å². The topological polar surface area (TPSA) is 15.3 Å². The van der Waals surface area contributed by atoms with Crippen molar-refractivity contribution in [3.05, 3.63) is 21.9 Å². The standard InChI is InChI=1S/C16H28N2S/c1-5-8-17-15-6-9-18(14(4)13(15)3)11-16-12(2)7-10-19-16/h7,10,13-15,17H,5-6,8-9,11H2,1-4H3. The Labute approximate surface area is 122 Å². The normalized spacial score (nSPS) is 28.7. The average molecular weight is 280 g/mol. The average Bonchev–Trinajstić information content (AvgIpc) is 2.80. The van der Waals surface area contributed by atoms with Crippen molar-refractivity contribution in [3.8, 4) is 0 Å². The molecule has 0 bridgehead atoms. The van der Waals surface area contributed by atoms with Gasteiger partial charge in [-0.2, -0.15) is 0 Å². The third kappa shape index (κ3) is 3.59. The van der Waals surface area contributed by atoms with Gasteiger partial charge in [-0.3, -0.25) is 4.90 Å². The Morgan fingerprint density at radius 1 is 1.42 bits per heavy atom. The fourth-order valence-corrected chi connectivity index (χ4v) is 3.96. The minimum Gasteiger partial charge on any atom is -0.314 e. The number of piperidine rings is 1. The second kappa shape index (κ2) is 6.87. The molecule has 0 aliphatic carbocycles. The summed E-state index contributed by atoms with van der Waals surface area (Å²) < 4.78 is 0. The number of rotatable bonds is 5. The molecular formula is C16H28N2S. The van der Waals surface area contributed by atoms with Gasteiger partial charge in [0.15, 0.2) is 0 Å². The quantitative estimate of drug-likeness (QED) is 0.885. The van der Waals surface area contributed by atoms with Crippen molar-refractivity contribution in [2.24, 2.45) is 5.92 Å². The van der Waals surface area contributed by atoms with Crippen LogP contribution in [0.15, 0.2) is 11.4 Å². The summed E-state index contributed by atoms with van der Waals surface area (Å²) in [5.41, 5.74) is 1.45. The van der Waals surface area contributed by atoms with Gasteiger partial charge in [-0.25, -0.2) is 0 Å². The van der Waals surface area contributed by atoms with Crippen LogP contribution in [0.2, 0.25) is 0 Å². The highest BCUT2D eigenvalue weighted by molar-refractivity contribution is 7.10. The summed E-state index contributed by atoms with van der Waals surface area (Å²) in [6, 6.07) is 3.61. The zero-order chi connectivity index (χ0) is 13.8. The van der Waals surface area contributed by atoms with Crippen LogP contribution in [0, 0.1) is 12.8 Å². The van der Waals surface area contributed by atoms with Crippen molar-refractivity contribution in [1.82, 2.24) is 10.2 Å². The largest absolute Gasteiger partial charge is 0.314 e. The monoisotopic (exact) mass is 280 g/mol. The Hall–Kier alpha value is -0.380. The summed E-state index contributed by atoms with van der Waals surface area (Å²) in [6.07, 6.45) is 2.52. The predicted molar refractivity (Wildman–Crippen MR) is 84.8 cm³/mol. The van der Waals surface area contributed by atoms with Gasteiger partial charge >= 0.3 is 0 Å². The third-order valence-electron chi connectivity index (χ3n) is 4.67. The highest BCUT2D eigenvalue weighted by Gasteiger charge is 2.32. The fourth-order valence-electron chi connectivity index (χ4n) is 3.03. The van der Waals surface area contributed by atoms with Gasteiger partial charge in [0.2, 0.25) is 0 Å². The van der Waals surface area contributed by atoms with E-state index >= 15 is 0 Å². The molecule has 1 fully saturated rings. The second-order valence-corrected chi connectivity index (χ2v) is 6.95. The van der Waals surface area contributed by atoms with Crippen LogP contribution in [0.5, 0.6) is 0 Å². The van der Waals surface area contributed by atoms with Gasteiger partial charge in [0.05, 0.1) is 0 Å². The Balaban J connectivity index is 1.93. The fraction of sp³-hybridized carbons (Fsp3) is 0.750. The number of nitrogens with one attached hydrogen (secondary N) is 1. The summed E-state index contributed by atoms with van der Waals surface area (Å²) in [7, 11) is 0. The van der Waals surface area contributed by atoms with Gasteiger partial charge in [-0.1, -0.05) is 13.8 Å². The van der Waals surface area contributed by atoms with Gasteiger partial charge in [-0.05, 0) is 56.2 Å². The maximum atomic E-state index is 3.72. The van der Waals surface area contributed by atoms with E-state index in [4.69, 9.17) is 0 Å². The molecule has 1 aliphatic rings. The SMILES string of the molecule is CCCNC1CCN(Cc2sccc2C)C(C)C1C. The molecule has 0 saturated carbocycles. The first-order chi connectivity index (χ1) is 9.13. The minimum absolute atomic E-state index is 0.671. The van der Waals surface area contributed by atoms with Gasteiger partial charge in [0.25, 0.3) is 0 Å². The van der Waals surface area contributed by atoms with Crippen molar-refractivity contribution in [1.29, 1.82) is 0 Å².